The largest absolute Gasteiger partial charge is 0.465 e. The number of hydrogen-bond acceptors (Lipinski definition) is 9. The molecule has 0 heterocycles. The first-order chi connectivity index (χ1) is 12.5. The molecule has 0 aliphatic heterocycles. The molecule has 1 amide bonds. The second-order valence-electron chi connectivity index (χ2n) is 6.33. The van der Waals surface area contributed by atoms with Crippen LogP contribution in [-0.2, 0) is 42.9 Å². The number of ether oxygens (including phenoxy) is 4. The minimum atomic E-state index is -1.18. The van der Waals surface area contributed by atoms with Gasteiger partial charge in [0.05, 0.1) is 12.6 Å². The summed E-state index contributed by atoms with van der Waals surface area (Å²) >= 11 is 0. The van der Waals surface area contributed by atoms with E-state index in [1.165, 1.54) is 27.7 Å². The fraction of sp³-hybridized carbons (Fsp3) is 0.706. The van der Waals surface area contributed by atoms with Gasteiger partial charge in [0.25, 0.3) is 0 Å². The van der Waals surface area contributed by atoms with Gasteiger partial charge in [-0.1, -0.05) is 0 Å². The number of carbonyl (C=O) groups excluding carboxylic acids is 5. The van der Waals surface area contributed by atoms with Gasteiger partial charge in [-0.25, -0.2) is 0 Å². The van der Waals surface area contributed by atoms with E-state index in [-0.39, 0.29) is 13.0 Å². The Morgan fingerprint density at radius 1 is 0.741 bits per heavy atom. The molecular formula is C17H25NO9. The van der Waals surface area contributed by atoms with Crippen molar-refractivity contribution >= 4 is 29.8 Å². The first-order valence-corrected chi connectivity index (χ1v) is 8.43. The van der Waals surface area contributed by atoms with Crippen molar-refractivity contribution < 1.29 is 42.9 Å². The van der Waals surface area contributed by atoms with Crippen LogP contribution >= 0.6 is 0 Å². The van der Waals surface area contributed by atoms with Crippen molar-refractivity contribution in [2.45, 2.75) is 65.4 Å². The number of rotatable bonds is 6. The van der Waals surface area contributed by atoms with Gasteiger partial charge in [-0.3, -0.25) is 24.0 Å². The van der Waals surface area contributed by atoms with E-state index in [9.17, 15) is 24.0 Å². The van der Waals surface area contributed by atoms with Crippen LogP contribution in [0.5, 0.6) is 0 Å². The van der Waals surface area contributed by atoms with Gasteiger partial charge in [-0.15, -0.1) is 0 Å². The van der Waals surface area contributed by atoms with E-state index in [4.69, 9.17) is 18.9 Å². The Balaban J connectivity index is 3.29. The van der Waals surface area contributed by atoms with Gasteiger partial charge in [0, 0.05) is 40.5 Å². The van der Waals surface area contributed by atoms with E-state index < -0.39 is 60.1 Å². The Hall–Kier alpha value is -2.65. The molecule has 0 aromatic heterocycles. The lowest BCUT2D eigenvalue weighted by Crippen LogP contribution is -2.62. The molecule has 5 atom stereocenters. The predicted octanol–water partition coefficient (Wildman–Crippen LogP) is -0.131. The average Bonchev–Trinajstić information content (AvgIpc) is 2.49. The molecule has 0 bridgehead atoms. The minimum Gasteiger partial charge on any atom is -0.465 e. The standard InChI is InChI=1S/C17H25NO9/c1-8(19)18-14-6-13(7-24-9(2)20)15(25-10(3)21)17(27-12(5)23)16(14)26-11(4)22/h13-17H,6-7H2,1-5H3,(H,18,19)/t13-,14-,15-,16-,17+/m1/s1. The third kappa shape index (κ3) is 7.24. The van der Waals surface area contributed by atoms with Crippen LogP contribution < -0.4 is 5.32 Å². The van der Waals surface area contributed by atoms with Crippen LogP contribution in [0.15, 0.2) is 0 Å². The summed E-state index contributed by atoms with van der Waals surface area (Å²) in [7, 11) is 0. The highest BCUT2D eigenvalue weighted by Crippen LogP contribution is 2.33. The SMILES string of the molecule is CC(=O)N[C@@H]1C[C@H](COC(C)=O)[C@@H](OC(C)=O)[C@H](OC(C)=O)[C@@H]1OC(C)=O. The van der Waals surface area contributed by atoms with Crippen molar-refractivity contribution in [1.29, 1.82) is 0 Å². The fourth-order valence-electron chi connectivity index (χ4n) is 3.09. The van der Waals surface area contributed by atoms with Crippen LogP contribution in [0, 0.1) is 5.92 Å². The van der Waals surface area contributed by atoms with Crippen LogP contribution in [-0.4, -0.2) is 60.7 Å². The number of carbonyl (C=O) groups is 5. The molecule has 152 valence electrons. The van der Waals surface area contributed by atoms with Crippen LogP contribution in [0.3, 0.4) is 0 Å². The van der Waals surface area contributed by atoms with Crippen LogP contribution in [0.25, 0.3) is 0 Å². The zero-order chi connectivity index (χ0) is 20.7. The molecule has 1 fully saturated rings. The molecule has 1 saturated carbocycles. The van der Waals surface area contributed by atoms with Gasteiger partial charge < -0.3 is 24.3 Å². The Kier molecular flexibility index (Phi) is 8.20. The first-order valence-electron chi connectivity index (χ1n) is 8.43. The van der Waals surface area contributed by atoms with Crippen LogP contribution in [0.1, 0.15) is 41.0 Å². The van der Waals surface area contributed by atoms with Gasteiger partial charge in [0.1, 0.15) is 6.10 Å². The van der Waals surface area contributed by atoms with Gasteiger partial charge >= 0.3 is 23.9 Å². The summed E-state index contributed by atoms with van der Waals surface area (Å²) in [5.74, 6) is -3.53. The number of hydrogen-bond donors (Lipinski definition) is 1. The van der Waals surface area contributed by atoms with Gasteiger partial charge in [0.15, 0.2) is 12.2 Å². The lowest BCUT2D eigenvalue weighted by atomic mass is 9.79. The molecule has 0 radical (unpaired) electrons. The quantitative estimate of drug-likeness (QED) is 0.488. The summed E-state index contributed by atoms with van der Waals surface area (Å²) in [5, 5.41) is 2.64. The van der Waals surface area contributed by atoms with Crippen molar-refractivity contribution in [3.05, 3.63) is 0 Å². The summed E-state index contributed by atoms with van der Waals surface area (Å²) in [5.41, 5.74) is 0. The summed E-state index contributed by atoms with van der Waals surface area (Å²) in [6.45, 7) is 5.87. The topological polar surface area (TPSA) is 134 Å². The van der Waals surface area contributed by atoms with Gasteiger partial charge in [-0.05, 0) is 6.42 Å². The Labute approximate surface area is 156 Å². The van der Waals surface area contributed by atoms with Gasteiger partial charge in [-0.2, -0.15) is 0 Å². The molecule has 0 aromatic carbocycles. The van der Waals surface area contributed by atoms with Crippen molar-refractivity contribution in [3.8, 4) is 0 Å². The highest BCUT2D eigenvalue weighted by molar-refractivity contribution is 5.73. The highest BCUT2D eigenvalue weighted by atomic mass is 16.6. The van der Waals surface area contributed by atoms with Crippen molar-refractivity contribution in [1.82, 2.24) is 5.32 Å². The van der Waals surface area contributed by atoms with Crippen LogP contribution in [0.4, 0.5) is 0 Å². The molecule has 0 spiro atoms. The van der Waals surface area contributed by atoms with Crippen LogP contribution in [0.2, 0.25) is 0 Å². The summed E-state index contributed by atoms with van der Waals surface area (Å²) in [6, 6.07) is -0.733. The summed E-state index contributed by atoms with van der Waals surface area (Å²) < 4.78 is 20.9. The van der Waals surface area contributed by atoms with Crippen molar-refractivity contribution in [2.75, 3.05) is 6.61 Å². The molecule has 27 heavy (non-hydrogen) atoms. The van der Waals surface area contributed by atoms with Crippen molar-refractivity contribution in [2.24, 2.45) is 5.92 Å². The van der Waals surface area contributed by atoms with Crippen molar-refractivity contribution in [3.63, 3.8) is 0 Å². The lowest BCUT2D eigenvalue weighted by Gasteiger charge is -2.44. The lowest BCUT2D eigenvalue weighted by molar-refractivity contribution is -0.203. The third-order valence-electron chi connectivity index (χ3n) is 3.86. The highest BCUT2D eigenvalue weighted by Gasteiger charge is 2.51. The zero-order valence-electron chi connectivity index (χ0n) is 16.0. The molecule has 0 aromatic rings. The molecule has 0 saturated heterocycles. The third-order valence-corrected chi connectivity index (χ3v) is 3.86. The molecular weight excluding hydrogens is 362 g/mol. The minimum absolute atomic E-state index is 0.131. The monoisotopic (exact) mass is 387 g/mol. The Morgan fingerprint density at radius 2 is 1.22 bits per heavy atom. The molecule has 10 nitrogen and oxygen atoms in total. The maximum atomic E-state index is 11.6. The number of nitrogens with one attached hydrogen (secondary N) is 1. The normalized spacial score (nSPS) is 27.1. The Morgan fingerprint density at radius 3 is 1.67 bits per heavy atom. The summed E-state index contributed by atoms with van der Waals surface area (Å²) in [6.07, 6.45) is -3.12. The number of amides is 1. The maximum absolute atomic E-state index is 11.6. The molecule has 1 N–H and O–H groups in total. The molecule has 10 heteroatoms. The van der Waals surface area contributed by atoms with E-state index in [2.05, 4.69) is 5.32 Å². The molecule has 1 rings (SSSR count). The second kappa shape index (κ2) is 9.89. The summed E-state index contributed by atoms with van der Waals surface area (Å²) in [4.78, 5) is 57.5. The molecule has 0 unspecified atom stereocenters. The molecule has 1 aliphatic carbocycles. The first kappa shape index (κ1) is 22.4. The molecule has 1 aliphatic rings. The predicted molar refractivity (Wildman–Crippen MR) is 89.0 cm³/mol. The van der Waals surface area contributed by atoms with E-state index in [1.807, 2.05) is 0 Å². The Bertz CT molecular complexity index is 603. The second-order valence-corrected chi connectivity index (χ2v) is 6.33. The van der Waals surface area contributed by atoms with Gasteiger partial charge in [0.2, 0.25) is 5.91 Å². The average molecular weight is 387 g/mol. The number of esters is 4. The zero-order valence-corrected chi connectivity index (χ0v) is 16.0. The van der Waals surface area contributed by atoms with E-state index in [1.54, 1.807) is 0 Å². The van der Waals surface area contributed by atoms with E-state index in [0.29, 0.717) is 0 Å². The fourth-order valence-corrected chi connectivity index (χ4v) is 3.09. The smallest absolute Gasteiger partial charge is 0.303 e. The van der Waals surface area contributed by atoms with E-state index in [0.717, 1.165) is 6.92 Å². The van der Waals surface area contributed by atoms with E-state index >= 15 is 0 Å². The maximum Gasteiger partial charge on any atom is 0.303 e.